The van der Waals surface area contributed by atoms with Crippen LogP contribution in [-0.2, 0) is 13.0 Å². The van der Waals surface area contributed by atoms with Gasteiger partial charge in [-0.25, -0.2) is 4.98 Å². The fourth-order valence-corrected chi connectivity index (χ4v) is 3.10. The van der Waals surface area contributed by atoms with Crippen molar-refractivity contribution in [3.8, 4) is 0 Å². The average Bonchev–Trinajstić information content (AvgIpc) is 2.92. The summed E-state index contributed by atoms with van der Waals surface area (Å²) < 4.78 is 1.38. The van der Waals surface area contributed by atoms with E-state index in [1.54, 1.807) is 6.07 Å². The van der Waals surface area contributed by atoms with Crippen LogP contribution in [0.4, 0.5) is 5.69 Å². The molecule has 3 aromatic rings. The summed E-state index contributed by atoms with van der Waals surface area (Å²) in [4.78, 5) is 17.3. The van der Waals surface area contributed by atoms with Crippen LogP contribution < -0.4 is 10.9 Å². The zero-order valence-corrected chi connectivity index (χ0v) is 13.7. The molecule has 0 unspecified atom stereocenters. The highest BCUT2D eigenvalue weighted by molar-refractivity contribution is 7.16. The number of nitrogens with zero attached hydrogens (tertiary/aromatic N) is 3. The van der Waals surface area contributed by atoms with E-state index in [2.05, 4.69) is 47.4 Å². The lowest BCUT2D eigenvalue weighted by Gasteiger charge is -2.10. The number of hydrogen-bond donors (Lipinski definition) is 1. The first-order chi connectivity index (χ1) is 10.6. The molecule has 0 saturated heterocycles. The first kappa shape index (κ1) is 14.7. The molecule has 2 heterocycles. The lowest BCUT2D eigenvalue weighted by molar-refractivity contribution is 0.846. The predicted octanol–water partition coefficient (Wildman–Crippen LogP) is 2.94. The molecule has 0 aliphatic rings. The highest BCUT2D eigenvalue weighted by Crippen LogP contribution is 2.17. The van der Waals surface area contributed by atoms with Gasteiger partial charge in [0.15, 0.2) is 0 Å². The van der Waals surface area contributed by atoms with E-state index in [1.807, 2.05) is 6.92 Å². The summed E-state index contributed by atoms with van der Waals surface area (Å²) in [7, 11) is 0. The summed E-state index contributed by atoms with van der Waals surface area (Å²) in [5.41, 5.74) is 4.05. The van der Waals surface area contributed by atoms with E-state index in [0.29, 0.717) is 11.5 Å². The Labute approximate surface area is 132 Å². The van der Waals surface area contributed by atoms with Crippen molar-refractivity contribution in [2.75, 3.05) is 5.32 Å². The molecule has 22 heavy (non-hydrogen) atoms. The Hall–Kier alpha value is -2.21. The lowest BCUT2D eigenvalue weighted by Crippen LogP contribution is -2.17. The smallest absolute Gasteiger partial charge is 0.275 e. The predicted molar refractivity (Wildman–Crippen MR) is 89.8 cm³/mol. The summed E-state index contributed by atoms with van der Waals surface area (Å²) in [5.74, 6) is 0. The van der Waals surface area contributed by atoms with E-state index in [0.717, 1.165) is 22.8 Å². The van der Waals surface area contributed by atoms with Crippen LogP contribution in [0.1, 0.15) is 28.8 Å². The fraction of sp³-hybridized carbons (Fsp3) is 0.312. The summed E-state index contributed by atoms with van der Waals surface area (Å²) in [5, 5.41) is 8.53. The van der Waals surface area contributed by atoms with Crippen LogP contribution in [0.15, 0.2) is 29.1 Å². The van der Waals surface area contributed by atoms with Gasteiger partial charge < -0.3 is 5.32 Å². The third kappa shape index (κ3) is 2.87. The fourth-order valence-electron chi connectivity index (χ4n) is 2.24. The van der Waals surface area contributed by atoms with Crippen molar-refractivity contribution in [1.82, 2.24) is 14.6 Å². The quantitative estimate of drug-likeness (QED) is 0.804. The van der Waals surface area contributed by atoms with Gasteiger partial charge in [-0.1, -0.05) is 30.4 Å². The topological polar surface area (TPSA) is 59.3 Å². The van der Waals surface area contributed by atoms with Crippen LogP contribution >= 0.6 is 11.3 Å². The molecule has 114 valence electrons. The van der Waals surface area contributed by atoms with Crippen molar-refractivity contribution >= 4 is 22.0 Å². The molecule has 0 aliphatic carbocycles. The number of hydrogen-bond acceptors (Lipinski definition) is 5. The van der Waals surface area contributed by atoms with Crippen LogP contribution in [0.5, 0.6) is 0 Å². The number of anilines is 1. The molecule has 6 heteroatoms. The SMILES string of the molecule is CCc1nn2c(=O)cc(CNc3cc(C)ccc3C)nc2s1. The monoisotopic (exact) mass is 314 g/mol. The van der Waals surface area contributed by atoms with Gasteiger partial charge in [0.25, 0.3) is 5.56 Å². The van der Waals surface area contributed by atoms with Crippen molar-refractivity contribution in [2.45, 2.75) is 33.7 Å². The van der Waals surface area contributed by atoms with Gasteiger partial charge in [-0.05, 0) is 37.5 Å². The van der Waals surface area contributed by atoms with Crippen LogP contribution in [0.25, 0.3) is 4.96 Å². The van der Waals surface area contributed by atoms with Gasteiger partial charge in [0.1, 0.15) is 5.01 Å². The molecule has 1 N–H and O–H groups in total. The Bertz CT molecular complexity index is 881. The molecule has 0 atom stereocenters. The lowest BCUT2D eigenvalue weighted by atomic mass is 10.1. The minimum Gasteiger partial charge on any atom is -0.379 e. The first-order valence-electron chi connectivity index (χ1n) is 7.26. The van der Waals surface area contributed by atoms with Crippen molar-refractivity contribution in [3.05, 3.63) is 56.4 Å². The van der Waals surface area contributed by atoms with Crippen molar-refractivity contribution in [2.24, 2.45) is 0 Å². The maximum Gasteiger partial charge on any atom is 0.275 e. The molecular formula is C16H18N4OS. The van der Waals surface area contributed by atoms with Gasteiger partial charge in [0.2, 0.25) is 4.96 Å². The van der Waals surface area contributed by atoms with Crippen LogP contribution in [0.2, 0.25) is 0 Å². The van der Waals surface area contributed by atoms with Gasteiger partial charge in [0, 0.05) is 11.8 Å². The minimum absolute atomic E-state index is 0.126. The average molecular weight is 314 g/mol. The second-order valence-electron chi connectivity index (χ2n) is 5.30. The second-order valence-corrected chi connectivity index (χ2v) is 6.34. The summed E-state index contributed by atoms with van der Waals surface area (Å²) in [6, 6.07) is 7.81. The van der Waals surface area contributed by atoms with Gasteiger partial charge in [-0.3, -0.25) is 4.79 Å². The second kappa shape index (κ2) is 5.88. The number of benzene rings is 1. The maximum atomic E-state index is 12.1. The summed E-state index contributed by atoms with van der Waals surface area (Å²) in [6.45, 7) is 6.66. The molecular weight excluding hydrogens is 296 g/mol. The third-order valence-corrected chi connectivity index (χ3v) is 4.55. The molecule has 2 aromatic heterocycles. The number of fused-ring (bicyclic) bond motifs is 1. The number of nitrogens with one attached hydrogen (secondary N) is 1. The van der Waals surface area contributed by atoms with Crippen molar-refractivity contribution in [3.63, 3.8) is 0 Å². The number of rotatable bonds is 4. The van der Waals surface area contributed by atoms with Crippen LogP contribution in [-0.4, -0.2) is 14.6 Å². The van der Waals surface area contributed by atoms with E-state index in [4.69, 9.17) is 0 Å². The van der Waals surface area contributed by atoms with Crippen LogP contribution in [0, 0.1) is 13.8 Å². The highest BCUT2D eigenvalue weighted by Gasteiger charge is 2.08. The van der Waals surface area contributed by atoms with E-state index in [-0.39, 0.29) is 5.56 Å². The Morgan fingerprint density at radius 1 is 1.27 bits per heavy atom. The van der Waals surface area contributed by atoms with Gasteiger partial charge in [-0.15, -0.1) is 0 Å². The zero-order chi connectivity index (χ0) is 15.7. The largest absolute Gasteiger partial charge is 0.379 e. The molecule has 0 amide bonds. The highest BCUT2D eigenvalue weighted by atomic mass is 32.1. The third-order valence-electron chi connectivity index (χ3n) is 3.50. The van der Waals surface area contributed by atoms with Gasteiger partial charge in [-0.2, -0.15) is 9.61 Å². The normalized spacial score (nSPS) is 11.0. The Morgan fingerprint density at radius 3 is 2.86 bits per heavy atom. The van der Waals surface area contributed by atoms with Crippen molar-refractivity contribution < 1.29 is 0 Å². The molecule has 0 saturated carbocycles. The molecule has 3 rings (SSSR count). The standard InChI is InChI=1S/C16H18N4OS/c1-4-14-19-20-15(21)8-12(18-16(20)22-14)9-17-13-7-10(2)5-6-11(13)3/h5-8,17H,4,9H2,1-3H3. The first-order valence-corrected chi connectivity index (χ1v) is 8.08. The molecule has 0 aliphatic heterocycles. The Balaban J connectivity index is 1.87. The molecule has 0 bridgehead atoms. The molecule has 5 nitrogen and oxygen atoms in total. The number of aryl methyl sites for hydroxylation is 3. The number of aromatic nitrogens is 3. The van der Waals surface area contributed by atoms with Gasteiger partial charge >= 0.3 is 0 Å². The van der Waals surface area contributed by atoms with Gasteiger partial charge in [0.05, 0.1) is 12.2 Å². The minimum atomic E-state index is -0.126. The van der Waals surface area contributed by atoms with Crippen LogP contribution in [0.3, 0.4) is 0 Å². The summed E-state index contributed by atoms with van der Waals surface area (Å²) in [6.07, 6.45) is 0.809. The molecule has 0 fully saturated rings. The zero-order valence-electron chi connectivity index (χ0n) is 12.9. The van der Waals surface area contributed by atoms with Crippen molar-refractivity contribution in [1.29, 1.82) is 0 Å². The van der Waals surface area contributed by atoms with E-state index >= 15 is 0 Å². The maximum absolute atomic E-state index is 12.1. The Kier molecular flexibility index (Phi) is 3.94. The molecule has 0 spiro atoms. The Morgan fingerprint density at radius 2 is 2.09 bits per heavy atom. The van der Waals surface area contributed by atoms with E-state index in [9.17, 15) is 4.79 Å². The molecule has 0 radical (unpaired) electrons. The summed E-state index contributed by atoms with van der Waals surface area (Å²) >= 11 is 1.47. The van der Waals surface area contributed by atoms with E-state index < -0.39 is 0 Å². The van der Waals surface area contributed by atoms with E-state index in [1.165, 1.54) is 27.0 Å². The molecule has 1 aromatic carbocycles.